The SMILES string of the molecule is C=CC=C(CC(C)C)C1CCCc2ccc(C)cc2C2CC=CC=C2C1. The summed E-state index contributed by atoms with van der Waals surface area (Å²) in [6, 6.07) is 7.12. The third-order valence-electron chi connectivity index (χ3n) is 5.92. The van der Waals surface area contributed by atoms with Crippen molar-refractivity contribution in [1.29, 1.82) is 0 Å². The first-order valence-corrected chi connectivity index (χ1v) is 10.3. The lowest BCUT2D eigenvalue weighted by Crippen LogP contribution is -2.12. The molecule has 1 aromatic carbocycles. The minimum atomic E-state index is 0.569. The molecule has 1 aromatic rings. The Morgan fingerprint density at radius 3 is 2.92 bits per heavy atom. The highest BCUT2D eigenvalue weighted by molar-refractivity contribution is 5.42. The minimum Gasteiger partial charge on any atom is -0.0991 e. The summed E-state index contributed by atoms with van der Waals surface area (Å²) in [7, 11) is 0. The molecule has 3 rings (SSSR count). The largest absolute Gasteiger partial charge is 0.0991 e. The van der Waals surface area contributed by atoms with E-state index in [1.54, 1.807) is 22.3 Å². The topological polar surface area (TPSA) is 0 Å². The number of fused-ring (bicyclic) bond motifs is 3. The summed E-state index contributed by atoms with van der Waals surface area (Å²) < 4.78 is 0. The average Bonchev–Trinajstić information content (AvgIpc) is 2.68. The highest BCUT2D eigenvalue weighted by atomic mass is 14.3. The van der Waals surface area contributed by atoms with Crippen LogP contribution in [0.4, 0.5) is 0 Å². The molecule has 2 aliphatic carbocycles. The minimum absolute atomic E-state index is 0.569. The monoisotopic (exact) mass is 346 g/mol. The van der Waals surface area contributed by atoms with Crippen LogP contribution >= 0.6 is 0 Å². The maximum atomic E-state index is 3.98. The van der Waals surface area contributed by atoms with Gasteiger partial charge in [0.25, 0.3) is 0 Å². The molecule has 0 aromatic heterocycles. The van der Waals surface area contributed by atoms with Crippen LogP contribution in [-0.4, -0.2) is 0 Å². The zero-order valence-electron chi connectivity index (χ0n) is 16.8. The number of benzene rings is 1. The molecular weight excluding hydrogens is 312 g/mol. The molecule has 0 bridgehead atoms. The van der Waals surface area contributed by atoms with Crippen molar-refractivity contribution in [2.45, 2.75) is 65.2 Å². The van der Waals surface area contributed by atoms with E-state index in [4.69, 9.17) is 0 Å². The van der Waals surface area contributed by atoms with Gasteiger partial charge in [0.2, 0.25) is 0 Å². The van der Waals surface area contributed by atoms with E-state index in [9.17, 15) is 0 Å². The van der Waals surface area contributed by atoms with Gasteiger partial charge >= 0.3 is 0 Å². The summed E-state index contributed by atoms with van der Waals surface area (Å²) in [4.78, 5) is 0. The van der Waals surface area contributed by atoms with Gasteiger partial charge in [-0.25, -0.2) is 0 Å². The van der Waals surface area contributed by atoms with Gasteiger partial charge in [-0.3, -0.25) is 0 Å². The molecule has 0 fully saturated rings. The number of aryl methyl sites for hydroxylation is 2. The van der Waals surface area contributed by atoms with E-state index in [0.29, 0.717) is 17.8 Å². The van der Waals surface area contributed by atoms with Crippen LogP contribution in [0.2, 0.25) is 0 Å². The van der Waals surface area contributed by atoms with Crippen LogP contribution in [0, 0.1) is 18.8 Å². The Kier molecular flexibility index (Phi) is 6.35. The molecule has 0 saturated heterocycles. The molecule has 0 heterocycles. The summed E-state index contributed by atoms with van der Waals surface area (Å²) >= 11 is 0. The van der Waals surface area contributed by atoms with Crippen LogP contribution in [0.1, 0.15) is 68.6 Å². The predicted molar refractivity (Wildman–Crippen MR) is 115 cm³/mol. The van der Waals surface area contributed by atoms with Crippen LogP contribution in [0.3, 0.4) is 0 Å². The van der Waals surface area contributed by atoms with Gasteiger partial charge in [0, 0.05) is 5.92 Å². The van der Waals surface area contributed by atoms with Gasteiger partial charge in [-0.1, -0.05) is 85.7 Å². The summed E-state index contributed by atoms with van der Waals surface area (Å²) in [5.74, 6) is 1.93. The third kappa shape index (κ3) is 4.47. The first-order valence-electron chi connectivity index (χ1n) is 10.3. The molecule has 138 valence electrons. The predicted octanol–water partition coefficient (Wildman–Crippen LogP) is 7.47. The molecule has 26 heavy (non-hydrogen) atoms. The molecule has 0 aliphatic heterocycles. The molecule has 0 saturated carbocycles. The van der Waals surface area contributed by atoms with Gasteiger partial charge < -0.3 is 0 Å². The number of hydrogen-bond acceptors (Lipinski definition) is 0. The average molecular weight is 347 g/mol. The lowest BCUT2D eigenvalue weighted by Gasteiger charge is -2.28. The fourth-order valence-corrected chi connectivity index (χ4v) is 4.71. The number of allylic oxidation sites excluding steroid dienone is 7. The Bertz CT molecular complexity index is 726. The molecule has 0 N–H and O–H groups in total. The summed E-state index contributed by atoms with van der Waals surface area (Å²) in [6.45, 7) is 10.9. The Labute approximate surface area is 160 Å². The van der Waals surface area contributed by atoms with Crippen LogP contribution in [-0.2, 0) is 6.42 Å². The number of hydrogen-bond donors (Lipinski definition) is 0. The smallest absolute Gasteiger partial charge is 0.00889 e. The Morgan fingerprint density at radius 2 is 2.15 bits per heavy atom. The van der Waals surface area contributed by atoms with Gasteiger partial charge in [0.05, 0.1) is 0 Å². The maximum absolute atomic E-state index is 3.98. The molecule has 2 unspecified atom stereocenters. The summed E-state index contributed by atoms with van der Waals surface area (Å²) in [5.41, 5.74) is 7.77. The van der Waals surface area contributed by atoms with E-state index in [-0.39, 0.29) is 0 Å². The van der Waals surface area contributed by atoms with Crippen molar-refractivity contribution in [3.63, 3.8) is 0 Å². The van der Waals surface area contributed by atoms with Gasteiger partial charge in [-0.2, -0.15) is 0 Å². The van der Waals surface area contributed by atoms with E-state index in [2.05, 4.69) is 69.9 Å². The zero-order valence-corrected chi connectivity index (χ0v) is 16.8. The summed E-state index contributed by atoms with van der Waals surface area (Å²) in [5, 5.41) is 0. The second kappa shape index (κ2) is 8.71. The van der Waals surface area contributed by atoms with Crippen LogP contribution < -0.4 is 0 Å². The fraction of sp³-hybridized carbons (Fsp3) is 0.462. The molecule has 0 radical (unpaired) electrons. The highest BCUT2D eigenvalue weighted by Gasteiger charge is 2.26. The zero-order chi connectivity index (χ0) is 18.5. The fourth-order valence-electron chi connectivity index (χ4n) is 4.71. The van der Waals surface area contributed by atoms with Gasteiger partial charge in [-0.05, 0) is 68.4 Å². The molecule has 0 spiro atoms. The first kappa shape index (κ1) is 19.0. The molecular formula is C26H34. The van der Waals surface area contributed by atoms with Gasteiger partial charge in [-0.15, -0.1) is 0 Å². The summed E-state index contributed by atoms with van der Waals surface area (Å²) in [6.07, 6.45) is 18.6. The number of rotatable bonds is 4. The standard InChI is InChI=1S/C26H34/c1-5-9-22(16-19(2)3)23-12-8-11-21-15-14-20(4)17-26(21)25-13-7-6-10-24(25)18-23/h5-7,9-10,14-15,17,19,23,25H,1,8,11-13,16,18H2,2-4H3. The van der Waals surface area contributed by atoms with Gasteiger partial charge in [0.15, 0.2) is 0 Å². The molecule has 2 aliphatic rings. The van der Waals surface area contributed by atoms with Crippen molar-refractivity contribution in [2.24, 2.45) is 11.8 Å². The Hall–Kier alpha value is -1.82. The second-order valence-electron chi connectivity index (χ2n) is 8.53. The van der Waals surface area contributed by atoms with Crippen molar-refractivity contribution < 1.29 is 0 Å². The third-order valence-corrected chi connectivity index (χ3v) is 5.92. The Balaban J connectivity index is 1.96. The van der Waals surface area contributed by atoms with Crippen LogP contribution in [0.5, 0.6) is 0 Å². The van der Waals surface area contributed by atoms with Crippen LogP contribution in [0.15, 0.2) is 66.3 Å². The Morgan fingerprint density at radius 1 is 1.31 bits per heavy atom. The normalized spacial score (nSPS) is 23.4. The lowest BCUT2D eigenvalue weighted by molar-refractivity contribution is 0.481. The maximum Gasteiger partial charge on any atom is 0.00889 e. The second-order valence-corrected chi connectivity index (χ2v) is 8.53. The van der Waals surface area contributed by atoms with E-state index in [1.807, 2.05) is 6.08 Å². The van der Waals surface area contributed by atoms with E-state index < -0.39 is 0 Å². The quantitative estimate of drug-likeness (QED) is 0.496. The van der Waals surface area contributed by atoms with Crippen molar-refractivity contribution in [3.8, 4) is 0 Å². The van der Waals surface area contributed by atoms with Crippen LogP contribution in [0.25, 0.3) is 0 Å². The van der Waals surface area contributed by atoms with Crippen molar-refractivity contribution in [2.75, 3.05) is 0 Å². The first-order chi connectivity index (χ1) is 12.6. The van der Waals surface area contributed by atoms with E-state index in [0.717, 1.165) is 6.42 Å². The van der Waals surface area contributed by atoms with Gasteiger partial charge in [0.1, 0.15) is 0 Å². The van der Waals surface area contributed by atoms with E-state index >= 15 is 0 Å². The van der Waals surface area contributed by atoms with E-state index in [1.165, 1.54) is 37.7 Å². The molecule has 0 amide bonds. The molecule has 0 heteroatoms. The van der Waals surface area contributed by atoms with Crippen molar-refractivity contribution >= 4 is 0 Å². The molecule has 2 atom stereocenters. The highest BCUT2D eigenvalue weighted by Crippen LogP contribution is 2.42. The van der Waals surface area contributed by atoms with Crippen molar-refractivity contribution in [1.82, 2.24) is 0 Å². The molecule has 0 nitrogen and oxygen atoms in total. The lowest BCUT2D eigenvalue weighted by atomic mass is 9.77. The van der Waals surface area contributed by atoms with Crippen molar-refractivity contribution in [3.05, 3.63) is 83.0 Å².